The predicted octanol–water partition coefficient (Wildman–Crippen LogP) is 4.13. The van der Waals surface area contributed by atoms with Gasteiger partial charge < -0.3 is 24.3 Å². The lowest BCUT2D eigenvalue weighted by Crippen LogP contribution is -2.45. The zero-order chi connectivity index (χ0) is 24.1. The van der Waals surface area contributed by atoms with E-state index in [1.807, 2.05) is 78.5 Å². The first kappa shape index (κ1) is 21.3. The summed E-state index contributed by atoms with van der Waals surface area (Å²) < 4.78 is 12.9. The fraction of sp³-hybridized carbons (Fsp3) is 0.214. The van der Waals surface area contributed by atoms with Crippen LogP contribution < -0.4 is 14.8 Å². The van der Waals surface area contributed by atoms with E-state index in [4.69, 9.17) is 9.47 Å². The van der Waals surface area contributed by atoms with E-state index in [1.165, 1.54) is 0 Å². The maximum absolute atomic E-state index is 13.8. The van der Waals surface area contributed by atoms with Crippen LogP contribution in [0.1, 0.15) is 39.0 Å². The van der Waals surface area contributed by atoms with Crippen molar-refractivity contribution >= 4 is 22.7 Å². The van der Waals surface area contributed by atoms with Crippen molar-refractivity contribution in [3.63, 3.8) is 0 Å². The average Bonchev–Trinajstić information content (AvgIpc) is 3.48. The van der Waals surface area contributed by atoms with Crippen molar-refractivity contribution in [1.82, 2.24) is 14.8 Å². The summed E-state index contributed by atoms with van der Waals surface area (Å²) in [6, 6.07) is 20.7. The van der Waals surface area contributed by atoms with Gasteiger partial charge in [0.25, 0.3) is 5.91 Å². The third-order valence-corrected chi connectivity index (χ3v) is 7.01. The average molecular weight is 468 g/mol. The molecule has 2 aliphatic heterocycles. The van der Waals surface area contributed by atoms with Gasteiger partial charge in [0.05, 0.1) is 12.0 Å². The third-order valence-electron chi connectivity index (χ3n) is 7.01. The van der Waals surface area contributed by atoms with Gasteiger partial charge in [-0.25, -0.2) is 0 Å². The molecule has 0 fully saturated rings. The molecule has 2 amide bonds. The summed E-state index contributed by atoms with van der Waals surface area (Å²) in [4.78, 5) is 28.9. The SMILES string of the molecule is CN1C(=O)c2ccccc2C(C(=O)NCc2ccc3c(c2)OCO3)C1c1cn(C)c2ccccc12. The zero-order valence-electron chi connectivity index (χ0n) is 19.5. The van der Waals surface area contributed by atoms with Crippen LogP contribution in [0.5, 0.6) is 11.5 Å². The van der Waals surface area contributed by atoms with Crippen molar-refractivity contribution in [1.29, 1.82) is 0 Å². The van der Waals surface area contributed by atoms with E-state index in [9.17, 15) is 9.59 Å². The molecule has 1 aromatic heterocycles. The van der Waals surface area contributed by atoms with Crippen LogP contribution in [0.15, 0.2) is 72.9 Å². The van der Waals surface area contributed by atoms with Crippen LogP contribution in [0.4, 0.5) is 0 Å². The molecule has 0 saturated carbocycles. The smallest absolute Gasteiger partial charge is 0.254 e. The molecule has 2 atom stereocenters. The number of likely N-dealkylation sites (N-methyl/N-ethyl adjacent to an activating group) is 1. The van der Waals surface area contributed by atoms with Crippen molar-refractivity contribution in [2.24, 2.45) is 7.05 Å². The molecular formula is C28H25N3O4. The Hall–Kier alpha value is -4.26. The molecule has 0 radical (unpaired) electrons. The number of rotatable bonds is 4. The Labute approximate surface area is 202 Å². The summed E-state index contributed by atoms with van der Waals surface area (Å²) >= 11 is 0. The zero-order valence-corrected chi connectivity index (χ0v) is 19.5. The van der Waals surface area contributed by atoms with Crippen LogP contribution in [0.25, 0.3) is 10.9 Å². The van der Waals surface area contributed by atoms with Gasteiger partial charge in [0, 0.05) is 48.9 Å². The minimum absolute atomic E-state index is 0.0849. The number of carbonyl (C=O) groups excluding carboxylic acids is 2. The maximum atomic E-state index is 13.8. The van der Waals surface area contributed by atoms with Crippen LogP contribution in [-0.2, 0) is 18.4 Å². The first-order valence-electron chi connectivity index (χ1n) is 11.6. The number of nitrogens with one attached hydrogen (secondary N) is 1. The van der Waals surface area contributed by atoms with Crippen LogP contribution in [-0.4, -0.2) is 35.1 Å². The van der Waals surface area contributed by atoms with E-state index >= 15 is 0 Å². The minimum atomic E-state index is -0.561. The van der Waals surface area contributed by atoms with Crippen LogP contribution in [0.2, 0.25) is 0 Å². The summed E-state index contributed by atoms with van der Waals surface area (Å²) in [6.07, 6.45) is 2.03. The maximum Gasteiger partial charge on any atom is 0.254 e. The number of para-hydroxylation sites is 1. The van der Waals surface area contributed by atoms with Gasteiger partial charge in [-0.05, 0) is 35.4 Å². The van der Waals surface area contributed by atoms with Gasteiger partial charge in [0.2, 0.25) is 12.7 Å². The van der Waals surface area contributed by atoms with Crippen molar-refractivity contribution in [3.8, 4) is 11.5 Å². The molecular weight excluding hydrogens is 442 g/mol. The number of benzene rings is 3. The second kappa shape index (κ2) is 8.20. The molecule has 2 unspecified atom stereocenters. The molecule has 2 aliphatic rings. The summed E-state index contributed by atoms with van der Waals surface area (Å²) in [5.41, 5.74) is 4.24. The molecule has 0 bridgehead atoms. The van der Waals surface area contributed by atoms with Crippen LogP contribution in [0.3, 0.4) is 0 Å². The number of aromatic nitrogens is 1. The molecule has 7 nitrogen and oxygen atoms in total. The normalized spacial score (nSPS) is 18.6. The van der Waals surface area contributed by atoms with Gasteiger partial charge in [-0.1, -0.05) is 42.5 Å². The number of ether oxygens (including phenoxy) is 2. The van der Waals surface area contributed by atoms with E-state index in [2.05, 4.69) is 5.32 Å². The van der Waals surface area contributed by atoms with Crippen molar-refractivity contribution in [2.75, 3.05) is 13.8 Å². The van der Waals surface area contributed by atoms with E-state index in [0.29, 0.717) is 23.6 Å². The number of fused-ring (bicyclic) bond motifs is 3. The summed E-state index contributed by atoms with van der Waals surface area (Å²) in [5.74, 6) is 0.607. The van der Waals surface area contributed by atoms with Gasteiger partial charge in [-0.2, -0.15) is 0 Å². The Morgan fingerprint density at radius 1 is 0.971 bits per heavy atom. The van der Waals surface area contributed by atoms with E-state index < -0.39 is 12.0 Å². The van der Waals surface area contributed by atoms with E-state index in [1.54, 1.807) is 18.0 Å². The lowest BCUT2D eigenvalue weighted by molar-refractivity contribution is -0.124. The third kappa shape index (κ3) is 3.43. The molecule has 0 saturated heterocycles. The number of hydrogen-bond donors (Lipinski definition) is 1. The van der Waals surface area contributed by atoms with Gasteiger partial charge in [0.15, 0.2) is 11.5 Å². The Bertz CT molecular complexity index is 1470. The van der Waals surface area contributed by atoms with Crippen molar-refractivity contribution in [2.45, 2.75) is 18.5 Å². The van der Waals surface area contributed by atoms with Crippen molar-refractivity contribution < 1.29 is 19.1 Å². The molecule has 4 aromatic rings. The second-order valence-corrected chi connectivity index (χ2v) is 9.04. The molecule has 1 N–H and O–H groups in total. The molecule has 0 spiro atoms. The quantitative estimate of drug-likeness (QED) is 0.490. The highest BCUT2D eigenvalue weighted by Gasteiger charge is 2.43. The highest BCUT2D eigenvalue weighted by atomic mass is 16.7. The number of amides is 2. The molecule has 7 heteroatoms. The number of hydrogen-bond acceptors (Lipinski definition) is 4. The molecule has 0 aliphatic carbocycles. The first-order valence-corrected chi connectivity index (χ1v) is 11.6. The lowest BCUT2D eigenvalue weighted by atomic mass is 9.79. The summed E-state index contributed by atoms with van der Waals surface area (Å²) in [5, 5.41) is 4.15. The fourth-order valence-electron chi connectivity index (χ4n) is 5.30. The molecule has 176 valence electrons. The van der Waals surface area contributed by atoms with Crippen molar-refractivity contribution in [3.05, 3.63) is 95.2 Å². The summed E-state index contributed by atoms with van der Waals surface area (Å²) in [7, 11) is 3.77. The molecule has 35 heavy (non-hydrogen) atoms. The first-order chi connectivity index (χ1) is 17.0. The molecule has 6 rings (SSSR count). The minimum Gasteiger partial charge on any atom is -0.454 e. The Kier molecular flexibility index (Phi) is 4.99. The van der Waals surface area contributed by atoms with Crippen LogP contribution in [0, 0.1) is 0 Å². The van der Waals surface area contributed by atoms with Gasteiger partial charge in [-0.3, -0.25) is 9.59 Å². The van der Waals surface area contributed by atoms with E-state index in [0.717, 1.165) is 27.6 Å². The van der Waals surface area contributed by atoms with Crippen LogP contribution >= 0.6 is 0 Å². The Balaban J connectivity index is 1.40. The Morgan fingerprint density at radius 3 is 2.63 bits per heavy atom. The predicted molar refractivity (Wildman–Crippen MR) is 131 cm³/mol. The highest BCUT2D eigenvalue weighted by molar-refractivity contribution is 6.02. The second-order valence-electron chi connectivity index (χ2n) is 9.04. The van der Waals surface area contributed by atoms with Gasteiger partial charge >= 0.3 is 0 Å². The lowest BCUT2D eigenvalue weighted by Gasteiger charge is -2.39. The monoisotopic (exact) mass is 467 g/mol. The fourth-order valence-corrected chi connectivity index (χ4v) is 5.30. The van der Waals surface area contributed by atoms with Gasteiger partial charge in [0.1, 0.15) is 0 Å². The number of carbonyl (C=O) groups is 2. The Morgan fingerprint density at radius 2 is 1.74 bits per heavy atom. The standard InChI is InChI=1S/C28H25N3O4/c1-30-15-21(18-7-5-6-10-22(18)30)26-25(19-8-3-4-9-20(19)28(33)31(26)2)27(32)29-14-17-11-12-23-24(13-17)35-16-34-23/h3-13,15,25-26H,14,16H2,1-2H3,(H,29,32). The summed E-state index contributed by atoms with van der Waals surface area (Å²) in [6.45, 7) is 0.547. The number of aryl methyl sites for hydroxylation is 1. The number of nitrogens with zero attached hydrogens (tertiary/aromatic N) is 2. The highest BCUT2D eigenvalue weighted by Crippen LogP contribution is 2.44. The topological polar surface area (TPSA) is 72.8 Å². The molecule has 3 aromatic carbocycles. The van der Waals surface area contributed by atoms with Gasteiger partial charge in [-0.15, -0.1) is 0 Å². The largest absolute Gasteiger partial charge is 0.454 e. The molecule has 3 heterocycles. The van der Waals surface area contributed by atoms with E-state index in [-0.39, 0.29) is 18.6 Å².